The highest BCUT2D eigenvalue weighted by molar-refractivity contribution is 5.27. The maximum Gasteiger partial charge on any atom is 0.0622 e. The molecule has 20 heavy (non-hydrogen) atoms. The van der Waals surface area contributed by atoms with E-state index in [9.17, 15) is 0 Å². The molecule has 1 heterocycles. The monoisotopic (exact) mass is 276 g/mol. The Bertz CT molecular complexity index is 400. The lowest BCUT2D eigenvalue weighted by molar-refractivity contribution is 0.156. The zero-order valence-electron chi connectivity index (χ0n) is 13.1. The van der Waals surface area contributed by atoms with Crippen molar-refractivity contribution in [2.24, 2.45) is 5.92 Å². The van der Waals surface area contributed by atoms with Crippen molar-refractivity contribution in [3.05, 3.63) is 35.4 Å². The van der Waals surface area contributed by atoms with E-state index in [-0.39, 0.29) is 0 Å². The van der Waals surface area contributed by atoms with Crippen molar-refractivity contribution in [3.63, 3.8) is 0 Å². The lowest BCUT2D eigenvalue weighted by atomic mass is 10.1. The molecule has 1 unspecified atom stereocenters. The predicted molar refractivity (Wildman–Crippen MR) is 83.7 cm³/mol. The molecule has 3 nitrogen and oxygen atoms in total. The molecule has 112 valence electrons. The maximum absolute atomic E-state index is 5.48. The van der Waals surface area contributed by atoms with Crippen LogP contribution in [0, 0.1) is 5.92 Å². The van der Waals surface area contributed by atoms with Gasteiger partial charge in [0.2, 0.25) is 0 Å². The summed E-state index contributed by atoms with van der Waals surface area (Å²) in [4.78, 5) is 2.42. The van der Waals surface area contributed by atoms with Gasteiger partial charge in [0.05, 0.1) is 6.61 Å². The smallest absolute Gasteiger partial charge is 0.0622 e. The number of likely N-dealkylation sites (N-methyl/N-ethyl adjacent to an activating group) is 1. The van der Waals surface area contributed by atoms with E-state index in [1.54, 1.807) is 0 Å². The van der Waals surface area contributed by atoms with E-state index < -0.39 is 0 Å². The summed E-state index contributed by atoms with van der Waals surface area (Å²) >= 11 is 0. The first-order valence-electron chi connectivity index (χ1n) is 7.72. The standard InChI is InChI=1S/C17H28N2O/c1-14(2)10-18-11-15-6-4-5-7-16(15)12-19(3)17-8-9-20-13-17/h4-7,14,17-18H,8-13H2,1-3H3. The molecule has 1 atom stereocenters. The van der Waals surface area contributed by atoms with E-state index in [1.807, 2.05) is 0 Å². The van der Waals surface area contributed by atoms with Gasteiger partial charge in [0.1, 0.15) is 0 Å². The minimum Gasteiger partial charge on any atom is -0.380 e. The van der Waals surface area contributed by atoms with Crippen molar-refractivity contribution in [2.75, 3.05) is 26.8 Å². The van der Waals surface area contributed by atoms with Crippen molar-refractivity contribution in [1.29, 1.82) is 0 Å². The predicted octanol–water partition coefficient (Wildman–Crippen LogP) is 2.65. The summed E-state index contributed by atoms with van der Waals surface area (Å²) in [5, 5.41) is 3.54. The number of nitrogens with one attached hydrogen (secondary N) is 1. The molecule has 1 fully saturated rings. The van der Waals surface area contributed by atoms with Crippen LogP contribution in [0.15, 0.2) is 24.3 Å². The second-order valence-electron chi connectivity index (χ2n) is 6.23. The van der Waals surface area contributed by atoms with Crippen molar-refractivity contribution in [3.8, 4) is 0 Å². The summed E-state index contributed by atoms with van der Waals surface area (Å²) in [6, 6.07) is 9.33. The van der Waals surface area contributed by atoms with Crippen LogP contribution in [-0.4, -0.2) is 37.7 Å². The Hall–Kier alpha value is -0.900. The molecule has 0 aliphatic carbocycles. The number of ether oxygens (including phenoxy) is 1. The second-order valence-corrected chi connectivity index (χ2v) is 6.23. The van der Waals surface area contributed by atoms with Crippen LogP contribution < -0.4 is 5.32 Å². The van der Waals surface area contributed by atoms with Gasteiger partial charge in [0, 0.05) is 25.7 Å². The van der Waals surface area contributed by atoms with Crippen LogP contribution in [0.1, 0.15) is 31.4 Å². The van der Waals surface area contributed by atoms with E-state index in [0.717, 1.165) is 39.3 Å². The fraction of sp³-hybridized carbons (Fsp3) is 0.647. The minimum absolute atomic E-state index is 0.576. The maximum atomic E-state index is 5.48. The van der Waals surface area contributed by atoms with Gasteiger partial charge >= 0.3 is 0 Å². The number of rotatable bonds is 7. The Labute approximate surface area is 123 Å². The molecule has 0 bridgehead atoms. The van der Waals surface area contributed by atoms with Gasteiger partial charge in [0.25, 0.3) is 0 Å². The van der Waals surface area contributed by atoms with Crippen molar-refractivity contribution >= 4 is 0 Å². The largest absolute Gasteiger partial charge is 0.380 e. The van der Waals surface area contributed by atoms with E-state index in [2.05, 4.69) is 55.4 Å². The van der Waals surface area contributed by atoms with Gasteiger partial charge in [-0.2, -0.15) is 0 Å². The molecular weight excluding hydrogens is 248 g/mol. The first-order valence-corrected chi connectivity index (χ1v) is 7.72. The van der Waals surface area contributed by atoms with Gasteiger partial charge in [-0.05, 0) is 37.1 Å². The molecule has 0 saturated carbocycles. The van der Waals surface area contributed by atoms with Crippen LogP contribution in [0.3, 0.4) is 0 Å². The lowest BCUT2D eigenvalue weighted by Crippen LogP contribution is -2.32. The molecule has 1 saturated heterocycles. The molecule has 0 aromatic heterocycles. The zero-order chi connectivity index (χ0) is 14.4. The van der Waals surface area contributed by atoms with Crippen molar-refractivity contribution < 1.29 is 4.74 Å². The van der Waals surface area contributed by atoms with Gasteiger partial charge in [-0.25, -0.2) is 0 Å². The molecule has 2 rings (SSSR count). The van der Waals surface area contributed by atoms with Gasteiger partial charge in [0.15, 0.2) is 0 Å². The van der Waals surface area contributed by atoms with E-state index >= 15 is 0 Å². The van der Waals surface area contributed by atoms with Gasteiger partial charge in [-0.3, -0.25) is 4.90 Å². The topological polar surface area (TPSA) is 24.5 Å². The molecule has 3 heteroatoms. The number of hydrogen-bond donors (Lipinski definition) is 1. The molecule has 1 N–H and O–H groups in total. The third kappa shape index (κ3) is 4.58. The Morgan fingerprint density at radius 2 is 2.05 bits per heavy atom. The Morgan fingerprint density at radius 3 is 2.70 bits per heavy atom. The molecular formula is C17H28N2O. The van der Waals surface area contributed by atoms with E-state index in [0.29, 0.717) is 12.0 Å². The normalized spacial score (nSPS) is 19.1. The van der Waals surface area contributed by atoms with Crippen molar-refractivity contribution in [1.82, 2.24) is 10.2 Å². The summed E-state index contributed by atoms with van der Waals surface area (Å²) in [7, 11) is 2.21. The van der Waals surface area contributed by atoms with E-state index in [1.165, 1.54) is 11.1 Å². The number of nitrogens with zero attached hydrogens (tertiary/aromatic N) is 1. The molecule has 1 aromatic carbocycles. The molecule has 1 aromatic rings. The first-order chi connectivity index (χ1) is 9.66. The molecule has 1 aliphatic heterocycles. The van der Waals surface area contributed by atoms with Crippen LogP contribution >= 0.6 is 0 Å². The van der Waals surface area contributed by atoms with Gasteiger partial charge < -0.3 is 10.1 Å². The Balaban J connectivity index is 1.92. The minimum atomic E-state index is 0.576. The van der Waals surface area contributed by atoms with Crippen LogP contribution in [0.25, 0.3) is 0 Å². The Kier molecular flexibility index (Phi) is 6.02. The van der Waals surface area contributed by atoms with Gasteiger partial charge in [-0.1, -0.05) is 38.1 Å². The average molecular weight is 276 g/mol. The highest BCUT2D eigenvalue weighted by Crippen LogP contribution is 2.16. The summed E-state index contributed by atoms with van der Waals surface area (Å²) in [6.07, 6.45) is 1.16. The van der Waals surface area contributed by atoms with Crippen LogP contribution in [0.2, 0.25) is 0 Å². The van der Waals surface area contributed by atoms with Gasteiger partial charge in [-0.15, -0.1) is 0 Å². The van der Waals surface area contributed by atoms with E-state index in [4.69, 9.17) is 4.74 Å². The molecule has 0 amide bonds. The highest BCUT2D eigenvalue weighted by Gasteiger charge is 2.20. The summed E-state index contributed by atoms with van der Waals surface area (Å²) in [5.74, 6) is 0.695. The van der Waals surface area contributed by atoms with Crippen molar-refractivity contribution in [2.45, 2.75) is 39.4 Å². The lowest BCUT2D eigenvalue weighted by Gasteiger charge is -2.24. The number of hydrogen-bond acceptors (Lipinski definition) is 3. The molecule has 0 spiro atoms. The third-order valence-electron chi connectivity index (χ3n) is 3.94. The zero-order valence-corrected chi connectivity index (χ0v) is 13.1. The van der Waals surface area contributed by atoms with Crippen LogP contribution in [0.5, 0.6) is 0 Å². The quantitative estimate of drug-likeness (QED) is 0.828. The third-order valence-corrected chi connectivity index (χ3v) is 3.94. The second kappa shape index (κ2) is 7.77. The summed E-state index contributed by atoms with van der Waals surface area (Å²) in [5.41, 5.74) is 2.84. The SMILES string of the molecule is CC(C)CNCc1ccccc1CN(C)C1CCOC1. The van der Waals surface area contributed by atoms with Crippen LogP contribution in [0.4, 0.5) is 0 Å². The Morgan fingerprint density at radius 1 is 1.30 bits per heavy atom. The number of benzene rings is 1. The average Bonchev–Trinajstić information content (AvgIpc) is 2.94. The fourth-order valence-corrected chi connectivity index (χ4v) is 2.65. The highest BCUT2D eigenvalue weighted by atomic mass is 16.5. The molecule has 1 aliphatic rings. The van der Waals surface area contributed by atoms with Crippen LogP contribution in [-0.2, 0) is 17.8 Å². The fourth-order valence-electron chi connectivity index (χ4n) is 2.65. The first kappa shape index (κ1) is 15.5. The summed E-state index contributed by atoms with van der Waals surface area (Å²) in [6.45, 7) is 9.31. The molecule has 0 radical (unpaired) electrons. The summed E-state index contributed by atoms with van der Waals surface area (Å²) < 4.78 is 5.48.